The van der Waals surface area contributed by atoms with E-state index in [0.717, 1.165) is 38.3 Å². The van der Waals surface area contributed by atoms with Crippen molar-refractivity contribution >= 4 is 29.0 Å². The predicted octanol–water partition coefficient (Wildman–Crippen LogP) is -0.748. The van der Waals surface area contributed by atoms with Crippen LogP contribution in [0.1, 0.15) is 21.5 Å². The molecule has 7 atom stereocenters. The SMILES string of the molecule is CN1CCN(Cc2cccc(-c3ccc4c(c3O)C(=O)C3C(=O)[C@]5(O)C(=O)C(C(N)=O)C(=O)[C@@H](N(C)C)[C@@H]5[C@@H](O)[C@@H]3C4)c2)CC1. The summed E-state index contributed by atoms with van der Waals surface area (Å²) in [5.41, 5.74) is 4.72. The number of nitrogens with zero attached hydrogens (tertiary/aromatic N) is 3. The Balaban J connectivity index is 1.37. The Hall–Kier alpha value is -3.81. The largest absolute Gasteiger partial charge is 0.507 e. The Morgan fingerprint density at radius 1 is 1.04 bits per heavy atom. The first-order chi connectivity index (χ1) is 21.3. The summed E-state index contributed by atoms with van der Waals surface area (Å²) in [6, 6.07) is 9.61. The van der Waals surface area contributed by atoms with Crippen molar-refractivity contribution in [1.82, 2.24) is 14.7 Å². The maximum absolute atomic E-state index is 14.1. The van der Waals surface area contributed by atoms with E-state index in [1.807, 2.05) is 24.3 Å². The van der Waals surface area contributed by atoms with Crippen LogP contribution in [0.15, 0.2) is 36.4 Å². The summed E-state index contributed by atoms with van der Waals surface area (Å²) in [7, 11) is 5.01. The number of fused-ring (bicyclic) bond motifs is 3. The highest BCUT2D eigenvalue weighted by atomic mass is 16.3. The second-order valence-corrected chi connectivity index (χ2v) is 13.1. The van der Waals surface area contributed by atoms with Crippen molar-refractivity contribution in [3.63, 3.8) is 0 Å². The quantitative estimate of drug-likeness (QED) is 0.310. The number of nitrogens with two attached hydrogens (primary N) is 1. The molecule has 1 saturated heterocycles. The lowest BCUT2D eigenvalue weighted by Crippen LogP contribution is -2.77. The number of benzene rings is 2. The molecule has 2 saturated carbocycles. The van der Waals surface area contributed by atoms with Gasteiger partial charge < -0.3 is 26.0 Å². The van der Waals surface area contributed by atoms with E-state index in [9.17, 15) is 39.3 Å². The van der Waals surface area contributed by atoms with Crippen LogP contribution in [0.4, 0.5) is 0 Å². The van der Waals surface area contributed by atoms with Crippen molar-refractivity contribution in [2.45, 2.75) is 30.7 Å². The summed E-state index contributed by atoms with van der Waals surface area (Å²) in [5.74, 6) is -12.6. The third kappa shape index (κ3) is 4.74. The smallest absolute Gasteiger partial charge is 0.235 e. The standard InChI is InChI=1S/C33H38N4O8/c1-35(2)25-24-27(39)20-14-18-7-8-19(17-6-4-5-16(13-17)15-37-11-9-36(3)10-12-37)26(38)21(18)28(40)22(20)30(42)33(24,45)31(43)23(29(25)41)32(34)44/h4-8,13,20,22-25,27,38-39,45H,9-12,14-15H2,1-3H3,(H2,34,44)/t20-,22?,23?,24-,25+,27+,33+/m1/s1. The normalized spacial score (nSPS) is 32.3. The molecule has 3 aliphatic carbocycles. The molecule has 4 aliphatic rings. The number of phenolic OH excluding ortho intramolecular Hbond substituents is 1. The Morgan fingerprint density at radius 2 is 1.73 bits per heavy atom. The number of aromatic hydroxyl groups is 1. The van der Waals surface area contributed by atoms with Gasteiger partial charge in [-0.1, -0.05) is 30.3 Å². The van der Waals surface area contributed by atoms with E-state index in [1.54, 1.807) is 12.1 Å². The van der Waals surface area contributed by atoms with Gasteiger partial charge in [-0.05, 0) is 50.3 Å². The molecule has 0 spiro atoms. The summed E-state index contributed by atoms with van der Waals surface area (Å²) in [5, 5.41) is 34.9. The number of phenols is 1. The van der Waals surface area contributed by atoms with Crippen LogP contribution in [0, 0.1) is 23.7 Å². The fraction of sp³-hybridized carbons (Fsp3) is 0.485. The van der Waals surface area contributed by atoms with Crippen LogP contribution in [-0.4, -0.2) is 124 Å². The lowest BCUT2D eigenvalue weighted by atomic mass is 9.51. The molecule has 6 rings (SSSR count). The topological polar surface area (TPSA) is 182 Å². The first-order valence-electron chi connectivity index (χ1n) is 15.1. The highest BCUT2D eigenvalue weighted by molar-refractivity contribution is 6.32. The molecule has 238 valence electrons. The highest BCUT2D eigenvalue weighted by Gasteiger charge is 2.72. The number of primary amides is 1. The molecule has 0 aromatic heterocycles. The van der Waals surface area contributed by atoms with E-state index in [4.69, 9.17) is 5.73 Å². The van der Waals surface area contributed by atoms with E-state index in [2.05, 4.69) is 16.8 Å². The average molecular weight is 619 g/mol. The number of ketones is 4. The zero-order chi connectivity index (χ0) is 32.5. The van der Waals surface area contributed by atoms with Crippen molar-refractivity contribution < 1.29 is 39.3 Å². The van der Waals surface area contributed by atoms with Crippen molar-refractivity contribution in [1.29, 1.82) is 0 Å². The van der Waals surface area contributed by atoms with E-state index < -0.39 is 70.5 Å². The number of hydrogen-bond donors (Lipinski definition) is 4. The number of Topliss-reactive ketones (excluding diaryl/α,β-unsaturated/α-hetero) is 4. The Bertz CT molecular complexity index is 1620. The Kier molecular flexibility index (Phi) is 7.77. The van der Waals surface area contributed by atoms with Gasteiger partial charge in [-0.2, -0.15) is 0 Å². The number of likely N-dealkylation sites (N-methyl/N-ethyl adjacent to an activating group) is 2. The van der Waals surface area contributed by atoms with Crippen molar-refractivity contribution in [3.05, 3.63) is 53.1 Å². The van der Waals surface area contributed by atoms with Crippen LogP contribution in [-0.2, 0) is 32.1 Å². The molecule has 0 radical (unpaired) electrons. The number of carbonyl (C=O) groups excluding carboxylic acids is 5. The molecule has 1 heterocycles. The van der Waals surface area contributed by atoms with Gasteiger partial charge in [0.15, 0.2) is 34.7 Å². The fourth-order valence-corrected chi connectivity index (χ4v) is 7.92. The molecule has 2 aromatic rings. The second kappa shape index (κ2) is 11.2. The molecule has 2 unspecified atom stereocenters. The molecule has 5 N–H and O–H groups in total. The molecular weight excluding hydrogens is 580 g/mol. The summed E-state index contributed by atoms with van der Waals surface area (Å²) >= 11 is 0. The van der Waals surface area contributed by atoms with Crippen LogP contribution in [0.3, 0.4) is 0 Å². The van der Waals surface area contributed by atoms with Gasteiger partial charge in [-0.15, -0.1) is 0 Å². The molecule has 3 fully saturated rings. The minimum Gasteiger partial charge on any atom is -0.507 e. The third-order valence-electron chi connectivity index (χ3n) is 10.3. The highest BCUT2D eigenvalue weighted by Crippen LogP contribution is 2.51. The van der Waals surface area contributed by atoms with Crippen LogP contribution in [0.2, 0.25) is 0 Å². The number of piperazine rings is 1. The van der Waals surface area contributed by atoms with Crippen LogP contribution in [0.5, 0.6) is 5.75 Å². The number of aliphatic hydroxyl groups is 2. The van der Waals surface area contributed by atoms with E-state index in [0.29, 0.717) is 16.7 Å². The number of hydrogen-bond acceptors (Lipinski definition) is 11. The van der Waals surface area contributed by atoms with Crippen molar-refractivity contribution in [3.8, 4) is 16.9 Å². The summed E-state index contributed by atoms with van der Waals surface area (Å²) in [4.78, 5) is 73.1. The minimum atomic E-state index is -3.01. The molecular formula is C33H38N4O8. The monoisotopic (exact) mass is 618 g/mol. The van der Waals surface area contributed by atoms with Gasteiger partial charge in [0.2, 0.25) is 5.91 Å². The predicted molar refractivity (Wildman–Crippen MR) is 161 cm³/mol. The number of amides is 1. The minimum absolute atomic E-state index is 0.0235. The van der Waals surface area contributed by atoms with Gasteiger partial charge in [0, 0.05) is 44.2 Å². The molecule has 0 bridgehead atoms. The number of aliphatic hydroxyl groups excluding tert-OH is 1. The summed E-state index contributed by atoms with van der Waals surface area (Å²) in [6.45, 7) is 4.53. The van der Waals surface area contributed by atoms with Gasteiger partial charge in [-0.3, -0.25) is 33.8 Å². The van der Waals surface area contributed by atoms with Gasteiger partial charge in [0.05, 0.1) is 29.5 Å². The maximum Gasteiger partial charge on any atom is 0.235 e. The molecule has 12 nitrogen and oxygen atoms in total. The molecule has 12 heteroatoms. The molecule has 45 heavy (non-hydrogen) atoms. The first-order valence-corrected chi connectivity index (χ1v) is 15.1. The van der Waals surface area contributed by atoms with Gasteiger partial charge in [-0.25, -0.2) is 0 Å². The van der Waals surface area contributed by atoms with Crippen molar-refractivity contribution in [2.75, 3.05) is 47.3 Å². The van der Waals surface area contributed by atoms with Gasteiger partial charge in [0.1, 0.15) is 5.75 Å². The van der Waals surface area contributed by atoms with Gasteiger partial charge in [0.25, 0.3) is 0 Å². The third-order valence-corrected chi connectivity index (χ3v) is 10.3. The Labute approximate surface area is 260 Å². The second-order valence-electron chi connectivity index (χ2n) is 13.1. The lowest BCUT2D eigenvalue weighted by molar-refractivity contribution is -0.195. The summed E-state index contributed by atoms with van der Waals surface area (Å²) in [6.07, 6.45) is -1.67. The molecule has 2 aromatic carbocycles. The number of carbonyl (C=O) groups is 5. The van der Waals surface area contributed by atoms with Crippen LogP contribution >= 0.6 is 0 Å². The van der Waals surface area contributed by atoms with Crippen LogP contribution in [0.25, 0.3) is 11.1 Å². The van der Waals surface area contributed by atoms with E-state index in [-0.39, 0.29) is 17.7 Å². The zero-order valence-corrected chi connectivity index (χ0v) is 25.5. The molecule has 1 aliphatic heterocycles. The fourth-order valence-electron chi connectivity index (χ4n) is 7.92. The van der Waals surface area contributed by atoms with Crippen molar-refractivity contribution in [2.24, 2.45) is 29.4 Å². The maximum atomic E-state index is 14.1. The first kappa shape index (κ1) is 31.2. The van der Waals surface area contributed by atoms with Gasteiger partial charge >= 0.3 is 0 Å². The van der Waals surface area contributed by atoms with E-state index in [1.165, 1.54) is 19.0 Å². The zero-order valence-electron chi connectivity index (χ0n) is 25.5. The average Bonchev–Trinajstić information content (AvgIpc) is 2.98. The molecule has 1 amide bonds. The van der Waals surface area contributed by atoms with E-state index >= 15 is 0 Å². The lowest BCUT2D eigenvalue weighted by Gasteiger charge is -2.54. The van der Waals surface area contributed by atoms with Crippen LogP contribution < -0.4 is 5.73 Å². The number of rotatable bonds is 5. The summed E-state index contributed by atoms with van der Waals surface area (Å²) < 4.78 is 0. The Morgan fingerprint density at radius 3 is 2.38 bits per heavy atom.